The van der Waals surface area contributed by atoms with Gasteiger partial charge < -0.3 is 20.1 Å². The number of rotatable bonds is 10. The largest absolute Gasteiger partial charge is 0.489 e. The fourth-order valence-electron chi connectivity index (χ4n) is 3.75. The second-order valence-corrected chi connectivity index (χ2v) is 9.12. The van der Waals surface area contributed by atoms with Crippen LogP contribution in [0.5, 0.6) is 5.75 Å². The molecule has 3 aromatic carbocycles. The number of halogens is 1. The summed E-state index contributed by atoms with van der Waals surface area (Å²) in [5.41, 5.74) is 3.19. The first-order valence-corrected chi connectivity index (χ1v) is 12.3. The third-order valence-electron chi connectivity index (χ3n) is 5.74. The number of hydrogen-bond donors (Lipinski definition) is 2. The van der Waals surface area contributed by atoms with Crippen molar-refractivity contribution in [2.24, 2.45) is 0 Å². The normalized spacial score (nSPS) is 11.6. The van der Waals surface area contributed by atoms with Crippen LogP contribution < -0.4 is 15.0 Å². The van der Waals surface area contributed by atoms with Gasteiger partial charge in [-0.1, -0.05) is 72.3 Å². The zero-order chi connectivity index (χ0) is 26.2. The van der Waals surface area contributed by atoms with Crippen molar-refractivity contribution < 1.29 is 14.6 Å². The Balaban J connectivity index is 1.40. The smallest absolute Gasteiger partial charge is 0.255 e. The highest BCUT2D eigenvalue weighted by atomic mass is 35.5. The lowest BCUT2D eigenvalue weighted by atomic mass is 10.1. The van der Waals surface area contributed by atoms with Crippen molar-refractivity contribution in [1.29, 1.82) is 0 Å². The maximum atomic E-state index is 13.1. The molecule has 4 aromatic rings. The van der Waals surface area contributed by atoms with Gasteiger partial charge in [0.05, 0.1) is 17.4 Å². The topological polar surface area (TPSA) is 87.6 Å². The average Bonchev–Trinajstić information content (AvgIpc) is 2.92. The molecule has 0 aliphatic heterocycles. The molecule has 8 heteroatoms. The number of nitrogens with zero attached hydrogens (tertiary/aromatic N) is 3. The van der Waals surface area contributed by atoms with Gasteiger partial charge in [-0.25, -0.2) is 9.97 Å². The number of hydrogen-bond acceptors (Lipinski definition) is 6. The van der Waals surface area contributed by atoms with E-state index in [1.807, 2.05) is 86.9 Å². The summed E-state index contributed by atoms with van der Waals surface area (Å²) >= 11 is 6.40. The van der Waals surface area contributed by atoms with Crippen LogP contribution in [0.4, 0.5) is 5.95 Å². The molecule has 0 saturated heterocycles. The molecular formula is C29H29ClN4O3. The summed E-state index contributed by atoms with van der Waals surface area (Å²) in [5.74, 6) is 0.801. The average molecular weight is 517 g/mol. The van der Waals surface area contributed by atoms with E-state index in [-0.39, 0.29) is 12.5 Å². The predicted molar refractivity (Wildman–Crippen MR) is 146 cm³/mol. The van der Waals surface area contributed by atoms with Gasteiger partial charge in [0.25, 0.3) is 5.91 Å². The SMILES string of the molecule is CN(C)c1ncc(C(=O)NCCC(O)c2cccc(OCc3ccccc3)c2)c(-c2ccccc2Cl)n1. The molecule has 190 valence electrons. The van der Waals surface area contributed by atoms with Crippen LogP contribution in [0.15, 0.2) is 85.1 Å². The third kappa shape index (κ3) is 6.84. The summed E-state index contributed by atoms with van der Waals surface area (Å²) < 4.78 is 5.87. The van der Waals surface area contributed by atoms with Crippen LogP contribution in [0.2, 0.25) is 5.02 Å². The van der Waals surface area contributed by atoms with Crippen LogP contribution in [-0.4, -0.2) is 41.6 Å². The third-order valence-corrected chi connectivity index (χ3v) is 6.07. The molecular weight excluding hydrogens is 488 g/mol. The van der Waals surface area contributed by atoms with E-state index >= 15 is 0 Å². The Morgan fingerprint density at radius 1 is 1.05 bits per heavy atom. The van der Waals surface area contributed by atoms with Crippen molar-refractivity contribution in [1.82, 2.24) is 15.3 Å². The number of benzene rings is 3. The van der Waals surface area contributed by atoms with Crippen molar-refractivity contribution in [2.45, 2.75) is 19.1 Å². The van der Waals surface area contributed by atoms with Gasteiger partial charge in [0.15, 0.2) is 0 Å². The molecule has 0 fully saturated rings. The molecule has 1 amide bonds. The van der Waals surface area contributed by atoms with E-state index in [4.69, 9.17) is 16.3 Å². The van der Waals surface area contributed by atoms with Gasteiger partial charge in [0.2, 0.25) is 5.95 Å². The maximum Gasteiger partial charge on any atom is 0.255 e. The van der Waals surface area contributed by atoms with E-state index in [0.717, 1.165) is 11.1 Å². The Morgan fingerprint density at radius 2 is 1.81 bits per heavy atom. The molecule has 1 atom stereocenters. The molecule has 2 N–H and O–H groups in total. The number of ether oxygens (including phenoxy) is 1. The zero-order valence-corrected chi connectivity index (χ0v) is 21.5. The Bertz CT molecular complexity index is 1350. The highest BCUT2D eigenvalue weighted by Gasteiger charge is 2.19. The molecule has 4 rings (SSSR count). The molecule has 0 radical (unpaired) electrons. The Hall–Kier alpha value is -3.94. The van der Waals surface area contributed by atoms with Crippen LogP contribution in [0, 0.1) is 0 Å². The summed E-state index contributed by atoms with van der Waals surface area (Å²) in [6.07, 6.45) is 1.06. The molecule has 1 aromatic heterocycles. The lowest BCUT2D eigenvalue weighted by Gasteiger charge is -2.16. The summed E-state index contributed by atoms with van der Waals surface area (Å²) in [5, 5.41) is 14.1. The van der Waals surface area contributed by atoms with Crippen LogP contribution in [-0.2, 0) is 6.61 Å². The number of anilines is 1. The van der Waals surface area contributed by atoms with Crippen molar-refractivity contribution in [2.75, 3.05) is 25.5 Å². The van der Waals surface area contributed by atoms with Gasteiger partial charge in [-0.3, -0.25) is 4.79 Å². The van der Waals surface area contributed by atoms with Crippen LogP contribution in [0.25, 0.3) is 11.3 Å². The Labute approximate surface area is 221 Å². The molecule has 0 aliphatic rings. The van der Waals surface area contributed by atoms with E-state index in [0.29, 0.717) is 46.6 Å². The summed E-state index contributed by atoms with van der Waals surface area (Å²) in [6.45, 7) is 0.700. The number of carbonyl (C=O) groups is 1. The molecule has 37 heavy (non-hydrogen) atoms. The fourth-order valence-corrected chi connectivity index (χ4v) is 3.97. The van der Waals surface area contributed by atoms with Gasteiger partial charge in [0.1, 0.15) is 12.4 Å². The zero-order valence-electron chi connectivity index (χ0n) is 20.8. The van der Waals surface area contributed by atoms with Crippen molar-refractivity contribution in [3.05, 3.63) is 107 Å². The number of aromatic nitrogens is 2. The lowest BCUT2D eigenvalue weighted by molar-refractivity contribution is 0.0942. The monoisotopic (exact) mass is 516 g/mol. The summed E-state index contributed by atoms with van der Waals surface area (Å²) in [7, 11) is 3.66. The second kappa shape index (κ2) is 12.3. The minimum Gasteiger partial charge on any atom is -0.489 e. The van der Waals surface area contributed by atoms with Gasteiger partial charge >= 0.3 is 0 Å². The quantitative estimate of drug-likeness (QED) is 0.297. The van der Waals surface area contributed by atoms with E-state index in [1.54, 1.807) is 11.0 Å². The molecule has 1 heterocycles. The van der Waals surface area contributed by atoms with E-state index < -0.39 is 6.10 Å². The number of amides is 1. The first-order chi connectivity index (χ1) is 17.9. The maximum absolute atomic E-state index is 13.1. The van der Waals surface area contributed by atoms with Gasteiger partial charge in [-0.2, -0.15) is 0 Å². The molecule has 1 unspecified atom stereocenters. The standard InChI is InChI=1S/C29H29ClN4O3/c1-34(2)29-32-18-24(27(33-29)23-13-6-7-14-25(23)30)28(36)31-16-15-26(35)21-11-8-12-22(17-21)37-19-20-9-4-3-5-10-20/h3-14,17-18,26,35H,15-16,19H2,1-2H3,(H,31,36). The van der Waals surface area contributed by atoms with E-state index in [2.05, 4.69) is 15.3 Å². The number of aliphatic hydroxyl groups excluding tert-OH is 1. The van der Waals surface area contributed by atoms with E-state index in [1.165, 1.54) is 6.20 Å². The van der Waals surface area contributed by atoms with Crippen LogP contribution >= 0.6 is 11.6 Å². The number of aliphatic hydroxyl groups is 1. The van der Waals surface area contributed by atoms with Crippen LogP contribution in [0.1, 0.15) is 34.0 Å². The predicted octanol–water partition coefficient (Wildman–Crippen LogP) is 5.30. The second-order valence-electron chi connectivity index (χ2n) is 8.71. The highest BCUT2D eigenvalue weighted by Crippen LogP contribution is 2.30. The Kier molecular flexibility index (Phi) is 8.72. The first-order valence-electron chi connectivity index (χ1n) is 11.9. The minimum absolute atomic E-state index is 0.256. The fraction of sp³-hybridized carbons (Fsp3) is 0.207. The van der Waals surface area contributed by atoms with E-state index in [9.17, 15) is 9.90 Å². The van der Waals surface area contributed by atoms with Crippen molar-refractivity contribution in [3.63, 3.8) is 0 Å². The highest BCUT2D eigenvalue weighted by molar-refractivity contribution is 6.33. The summed E-state index contributed by atoms with van der Waals surface area (Å²) in [6, 6.07) is 24.5. The molecule has 7 nitrogen and oxygen atoms in total. The van der Waals surface area contributed by atoms with Crippen LogP contribution in [0.3, 0.4) is 0 Å². The molecule has 0 bridgehead atoms. The number of carbonyl (C=O) groups excluding carboxylic acids is 1. The Morgan fingerprint density at radius 3 is 2.57 bits per heavy atom. The minimum atomic E-state index is -0.768. The molecule has 0 aliphatic carbocycles. The lowest BCUT2D eigenvalue weighted by Crippen LogP contribution is -2.27. The van der Waals surface area contributed by atoms with Gasteiger partial charge in [-0.15, -0.1) is 0 Å². The molecule has 0 saturated carbocycles. The first kappa shape index (κ1) is 26.1. The van der Waals surface area contributed by atoms with Crippen molar-refractivity contribution >= 4 is 23.5 Å². The van der Waals surface area contributed by atoms with Gasteiger partial charge in [-0.05, 0) is 35.7 Å². The van der Waals surface area contributed by atoms with Gasteiger partial charge in [0, 0.05) is 37.4 Å². The van der Waals surface area contributed by atoms with Crippen molar-refractivity contribution in [3.8, 4) is 17.0 Å². The molecule has 0 spiro atoms. The summed E-state index contributed by atoms with van der Waals surface area (Å²) in [4.78, 5) is 23.7. The number of nitrogens with one attached hydrogen (secondary N) is 1.